The standard InChI is InChI=1S/C20H16N4O2/c25-13-19(26)16-7-5-14(6-8-16)12-24-20(21-22-23-24)18-10-9-15-3-1-2-4-17(15)11-18/h1-11,25H,12-13H2. The molecule has 26 heavy (non-hydrogen) atoms. The lowest BCUT2D eigenvalue weighted by molar-refractivity contribution is 0.0903. The number of rotatable bonds is 5. The molecule has 0 aliphatic rings. The van der Waals surface area contributed by atoms with Crippen LogP contribution in [-0.2, 0) is 6.54 Å². The van der Waals surface area contributed by atoms with E-state index in [1.165, 1.54) is 5.39 Å². The van der Waals surface area contributed by atoms with Crippen molar-refractivity contribution in [3.8, 4) is 11.4 Å². The van der Waals surface area contributed by atoms with Gasteiger partial charge in [0.2, 0.25) is 0 Å². The monoisotopic (exact) mass is 344 g/mol. The average Bonchev–Trinajstić information content (AvgIpc) is 3.15. The van der Waals surface area contributed by atoms with Crippen molar-refractivity contribution < 1.29 is 9.90 Å². The van der Waals surface area contributed by atoms with E-state index in [9.17, 15) is 4.79 Å². The predicted octanol–water partition coefficient (Wildman–Crippen LogP) is 2.72. The Morgan fingerprint density at radius 2 is 1.73 bits per heavy atom. The summed E-state index contributed by atoms with van der Waals surface area (Å²) < 4.78 is 1.73. The second-order valence-corrected chi connectivity index (χ2v) is 6.00. The van der Waals surface area contributed by atoms with Gasteiger partial charge in [-0.1, -0.05) is 60.7 Å². The van der Waals surface area contributed by atoms with Crippen LogP contribution in [0.1, 0.15) is 15.9 Å². The second-order valence-electron chi connectivity index (χ2n) is 6.00. The van der Waals surface area contributed by atoms with Crippen LogP contribution in [0, 0.1) is 0 Å². The van der Waals surface area contributed by atoms with E-state index >= 15 is 0 Å². The number of carbonyl (C=O) groups is 1. The van der Waals surface area contributed by atoms with Gasteiger partial charge in [-0.3, -0.25) is 4.79 Å². The first-order valence-corrected chi connectivity index (χ1v) is 8.23. The SMILES string of the molecule is O=C(CO)c1ccc(Cn2nnnc2-c2ccc3ccccc3c2)cc1. The molecule has 0 spiro atoms. The van der Waals surface area contributed by atoms with Gasteiger partial charge in [0, 0.05) is 11.1 Å². The van der Waals surface area contributed by atoms with E-state index in [4.69, 9.17) is 5.11 Å². The number of fused-ring (bicyclic) bond motifs is 1. The highest BCUT2D eigenvalue weighted by Crippen LogP contribution is 2.23. The molecule has 6 heteroatoms. The number of tetrazole rings is 1. The van der Waals surface area contributed by atoms with Gasteiger partial charge >= 0.3 is 0 Å². The molecule has 0 bridgehead atoms. The lowest BCUT2D eigenvalue weighted by atomic mass is 10.1. The van der Waals surface area contributed by atoms with Gasteiger partial charge in [0.1, 0.15) is 6.61 Å². The van der Waals surface area contributed by atoms with Crippen LogP contribution in [0.15, 0.2) is 66.7 Å². The van der Waals surface area contributed by atoms with Gasteiger partial charge in [0.15, 0.2) is 11.6 Å². The molecule has 1 aromatic heterocycles. The number of aliphatic hydroxyl groups excluding tert-OH is 1. The summed E-state index contributed by atoms with van der Waals surface area (Å²) in [6.07, 6.45) is 0. The number of aromatic nitrogens is 4. The first-order chi connectivity index (χ1) is 12.7. The van der Waals surface area contributed by atoms with Crippen LogP contribution >= 0.6 is 0 Å². The lowest BCUT2D eigenvalue weighted by Gasteiger charge is -2.07. The largest absolute Gasteiger partial charge is 0.388 e. The van der Waals surface area contributed by atoms with Gasteiger partial charge in [0.25, 0.3) is 0 Å². The van der Waals surface area contributed by atoms with E-state index in [1.807, 2.05) is 30.3 Å². The fraction of sp³-hybridized carbons (Fsp3) is 0.100. The molecule has 4 rings (SSSR count). The Labute approximate surface area is 149 Å². The number of nitrogens with zero attached hydrogens (tertiary/aromatic N) is 4. The van der Waals surface area contributed by atoms with Crippen LogP contribution in [0.3, 0.4) is 0 Å². The molecule has 128 valence electrons. The Morgan fingerprint density at radius 3 is 2.50 bits per heavy atom. The molecule has 0 saturated heterocycles. The predicted molar refractivity (Wildman–Crippen MR) is 97.7 cm³/mol. The quantitative estimate of drug-likeness (QED) is 0.563. The van der Waals surface area contributed by atoms with Crippen LogP contribution in [0.2, 0.25) is 0 Å². The summed E-state index contributed by atoms with van der Waals surface area (Å²) in [5.41, 5.74) is 2.40. The summed E-state index contributed by atoms with van der Waals surface area (Å²) in [5, 5.41) is 23.3. The summed E-state index contributed by atoms with van der Waals surface area (Å²) in [4.78, 5) is 11.5. The van der Waals surface area contributed by atoms with Crippen molar-refractivity contribution in [3.63, 3.8) is 0 Å². The zero-order valence-corrected chi connectivity index (χ0v) is 13.9. The van der Waals surface area contributed by atoms with Crippen LogP contribution in [0.25, 0.3) is 22.2 Å². The lowest BCUT2D eigenvalue weighted by Crippen LogP contribution is -2.06. The topological polar surface area (TPSA) is 80.9 Å². The second kappa shape index (κ2) is 6.85. The summed E-state index contributed by atoms with van der Waals surface area (Å²) in [5.74, 6) is 0.391. The van der Waals surface area contributed by atoms with E-state index in [0.29, 0.717) is 17.9 Å². The Balaban J connectivity index is 1.63. The Hall–Kier alpha value is -3.38. The molecular weight excluding hydrogens is 328 g/mol. The number of hydrogen-bond acceptors (Lipinski definition) is 5. The average molecular weight is 344 g/mol. The molecule has 0 aliphatic carbocycles. The smallest absolute Gasteiger partial charge is 0.188 e. The van der Waals surface area contributed by atoms with Crippen LogP contribution in [-0.4, -0.2) is 37.7 Å². The molecule has 3 aromatic carbocycles. The highest BCUT2D eigenvalue weighted by molar-refractivity contribution is 5.96. The summed E-state index contributed by atoms with van der Waals surface area (Å²) in [7, 11) is 0. The maximum atomic E-state index is 11.5. The molecule has 0 unspecified atom stereocenters. The van der Waals surface area contributed by atoms with Gasteiger partial charge in [-0.05, 0) is 32.8 Å². The number of aliphatic hydroxyl groups is 1. The van der Waals surface area contributed by atoms with Crippen molar-refractivity contribution in [3.05, 3.63) is 77.9 Å². The van der Waals surface area contributed by atoms with Gasteiger partial charge in [-0.2, -0.15) is 0 Å². The molecule has 1 heterocycles. The van der Waals surface area contributed by atoms with Crippen LogP contribution in [0.4, 0.5) is 0 Å². The highest BCUT2D eigenvalue weighted by atomic mass is 16.3. The zero-order chi connectivity index (χ0) is 17.9. The molecule has 0 aliphatic heterocycles. The zero-order valence-electron chi connectivity index (χ0n) is 13.9. The van der Waals surface area contributed by atoms with E-state index in [0.717, 1.165) is 16.5 Å². The molecule has 0 amide bonds. The van der Waals surface area contributed by atoms with Crippen molar-refractivity contribution in [1.82, 2.24) is 20.2 Å². The van der Waals surface area contributed by atoms with Crippen LogP contribution < -0.4 is 0 Å². The number of carbonyl (C=O) groups excluding carboxylic acids is 1. The molecule has 0 radical (unpaired) electrons. The molecule has 0 saturated carbocycles. The van der Waals surface area contributed by atoms with Gasteiger partial charge < -0.3 is 5.11 Å². The third-order valence-electron chi connectivity index (χ3n) is 4.29. The number of Topliss-reactive ketones (excluding diaryl/α,β-unsaturated/α-hetero) is 1. The van der Waals surface area contributed by atoms with Gasteiger partial charge in [-0.15, -0.1) is 5.10 Å². The number of benzene rings is 3. The van der Waals surface area contributed by atoms with E-state index < -0.39 is 6.61 Å². The molecule has 1 N–H and O–H groups in total. The fourth-order valence-electron chi connectivity index (χ4n) is 2.91. The van der Waals surface area contributed by atoms with Gasteiger partial charge in [0.05, 0.1) is 6.54 Å². The van der Waals surface area contributed by atoms with Crippen molar-refractivity contribution >= 4 is 16.6 Å². The maximum absolute atomic E-state index is 11.5. The molecule has 0 fully saturated rings. The van der Waals surface area contributed by atoms with E-state index in [-0.39, 0.29) is 5.78 Å². The summed E-state index contributed by atoms with van der Waals surface area (Å²) >= 11 is 0. The number of ketones is 1. The Kier molecular flexibility index (Phi) is 4.25. The minimum Gasteiger partial charge on any atom is -0.388 e. The molecule has 0 atom stereocenters. The summed E-state index contributed by atoms with van der Waals surface area (Å²) in [6, 6.07) is 21.4. The first-order valence-electron chi connectivity index (χ1n) is 8.23. The normalized spacial score (nSPS) is 11.0. The Bertz CT molecular complexity index is 1070. The van der Waals surface area contributed by atoms with Crippen molar-refractivity contribution in [2.75, 3.05) is 6.61 Å². The first kappa shape index (κ1) is 16.1. The van der Waals surface area contributed by atoms with Crippen molar-refractivity contribution in [2.45, 2.75) is 6.54 Å². The summed E-state index contributed by atoms with van der Waals surface area (Å²) in [6.45, 7) is 0.00120. The van der Waals surface area contributed by atoms with E-state index in [1.54, 1.807) is 16.8 Å². The molecule has 6 nitrogen and oxygen atoms in total. The third kappa shape index (κ3) is 3.10. The van der Waals surface area contributed by atoms with Gasteiger partial charge in [-0.25, -0.2) is 4.68 Å². The molecular formula is C20H16N4O2. The maximum Gasteiger partial charge on any atom is 0.188 e. The molecule has 4 aromatic rings. The minimum absolute atomic E-state index is 0.296. The van der Waals surface area contributed by atoms with E-state index in [2.05, 4.69) is 39.8 Å². The van der Waals surface area contributed by atoms with Crippen LogP contribution in [0.5, 0.6) is 0 Å². The third-order valence-corrected chi connectivity index (χ3v) is 4.29. The van der Waals surface area contributed by atoms with Crippen molar-refractivity contribution in [2.24, 2.45) is 0 Å². The number of hydrogen-bond donors (Lipinski definition) is 1. The minimum atomic E-state index is -0.488. The Morgan fingerprint density at radius 1 is 0.962 bits per heavy atom. The fourth-order valence-corrected chi connectivity index (χ4v) is 2.91. The highest BCUT2D eigenvalue weighted by Gasteiger charge is 2.11. The van der Waals surface area contributed by atoms with Crippen molar-refractivity contribution in [1.29, 1.82) is 0 Å².